The van der Waals surface area contributed by atoms with E-state index in [1.54, 1.807) is 0 Å². The van der Waals surface area contributed by atoms with E-state index in [2.05, 4.69) is 22.1 Å². The maximum atomic E-state index is 12.3. The van der Waals surface area contributed by atoms with Crippen molar-refractivity contribution in [3.63, 3.8) is 0 Å². The van der Waals surface area contributed by atoms with Crippen molar-refractivity contribution in [2.75, 3.05) is 5.32 Å². The Hall–Kier alpha value is -1.59. The van der Waals surface area contributed by atoms with Gasteiger partial charge < -0.3 is 5.32 Å². The lowest BCUT2D eigenvalue weighted by Gasteiger charge is -2.13. The summed E-state index contributed by atoms with van der Waals surface area (Å²) >= 11 is 0. The fourth-order valence-corrected chi connectivity index (χ4v) is 1.45. The first kappa shape index (κ1) is 14.5. The number of unbranched alkanes of at least 4 members (excludes halogenated alkanes) is 1. The molecule has 0 radical (unpaired) electrons. The maximum Gasteiger partial charge on any atom is 0.435 e. The lowest BCUT2D eigenvalue weighted by Crippen LogP contribution is -2.17. The van der Waals surface area contributed by atoms with Gasteiger partial charge in [0.2, 0.25) is 0 Å². The van der Waals surface area contributed by atoms with Gasteiger partial charge in [-0.05, 0) is 38.3 Å². The number of allylic oxidation sites excluding steroid dienone is 1. The average molecular weight is 259 g/mol. The molecule has 0 saturated carbocycles. The summed E-state index contributed by atoms with van der Waals surface area (Å²) in [6.07, 6.45) is 0.191. The molecule has 0 aliphatic rings. The first-order valence-corrected chi connectivity index (χ1v) is 5.72. The van der Waals surface area contributed by atoms with Crippen LogP contribution in [0, 0.1) is 0 Å². The molecule has 0 spiro atoms. The largest absolute Gasteiger partial charge is 0.435 e. The molecule has 0 fully saturated rings. The monoisotopic (exact) mass is 259 g/mol. The van der Waals surface area contributed by atoms with Crippen LogP contribution in [0.4, 0.5) is 19.0 Å². The molecule has 0 aliphatic heterocycles. The maximum absolute atomic E-state index is 12.3. The smallest absolute Gasteiger partial charge is 0.366 e. The van der Waals surface area contributed by atoms with Crippen LogP contribution in [-0.4, -0.2) is 16.2 Å². The zero-order valence-corrected chi connectivity index (χ0v) is 10.2. The third kappa shape index (κ3) is 4.73. The Morgan fingerprint density at radius 1 is 1.39 bits per heavy atom. The van der Waals surface area contributed by atoms with Crippen molar-refractivity contribution >= 4 is 5.82 Å². The highest BCUT2D eigenvalue weighted by Crippen LogP contribution is 2.27. The zero-order chi connectivity index (χ0) is 13.6. The van der Waals surface area contributed by atoms with E-state index in [1.807, 2.05) is 13.0 Å². The van der Waals surface area contributed by atoms with E-state index in [1.165, 1.54) is 6.07 Å². The second-order valence-corrected chi connectivity index (χ2v) is 4.07. The highest BCUT2D eigenvalue weighted by molar-refractivity contribution is 5.34. The number of nitrogens with zero attached hydrogens (tertiary/aromatic N) is 2. The fraction of sp³-hybridized carbons (Fsp3) is 0.500. The Kier molecular flexibility index (Phi) is 5.12. The van der Waals surface area contributed by atoms with Crippen LogP contribution in [0.15, 0.2) is 24.8 Å². The summed E-state index contributed by atoms with van der Waals surface area (Å²) in [6, 6.07) is 2.35. The molecule has 0 amide bonds. The van der Waals surface area contributed by atoms with Crippen LogP contribution in [-0.2, 0) is 6.18 Å². The van der Waals surface area contributed by atoms with Crippen molar-refractivity contribution in [2.45, 2.75) is 38.4 Å². The molecule has 1 heterocycles. The average Bonchev–Trinajstić information content (AvgIpc) is 2.29. The van der Waals surface area contributed by atoms with Gasteiger partial charge in [-0.3, -0.25) is 0 Å². The first-order chi connectivity index (χ1) is 8.43. The van der Waals surface area contributed by atoms with Gasteiger partial charge in [-0.1, -0.05) is 6.08 Å². The normalized spacial score (nSPS) is 13.1. The molecule has 1 atom stereocenters. The van der Waals surface area contributed by atoms with E-state index in [4.69, 9.17) is 0 Å². The number of hydrogen-bond acceptors (Lipinski definition) is 3. The zero-order valence-electron chi connectivity index (χ0n) is 10.2. The molecule has 1 rings (SSSR count). The minimum absolute atomic E-state index is 0.135. The summed E-state index contributed by atoms with van der Waals surface area (Å²) in [6.45, 7) is 5.57. The predicted octanol–water partition coefficient (Wildman–Crippen LogP) is 3.65. The Balaban J connectivity index is 2.50. The molecule has 0 aliphatic carbocycles. The Labute approximate surface area is 104 Å². The minimum atomic E-state index is -4.44. The third-order valence-electron chi connectivity index (χ3n) is 2.39. The van der Waals surface area contributed by atoms with Crippen molar-refractivity contribution in [1.82, 2.24) is 10.2 Å². The first-order valence-electron chi connectivity index (χ1n) is 5.72. The van der Waals surface area contributed by atoms with Gasteiger partial charge in [0.1, 0.15) is 5.82 Å². The predicted molar refractivity (Wildman–Crippen MR) is 64.2 cm³/mol. The van der Waals surface area contributed by atoms with Crippen molar-refractivity contribution < 1.29 is 13.2 Å². The van der Waals surface area contributed by atoms with Gasteiger partial charge in [-0.15, -0.1) is 16.8 Å². The van der Waals surface area contributed by atoms with Gasteiger partial charge in [0.15, 0.2) is 5.69 Å². The molecule has 1 aromatic heterocycles. The topological polar surface area (TPSA) is 37.8 Å². The van der Waals surface area contributed by atoms with Crippen molar-refractivity contribution in [2.24, 2.45) is 0 Å². The highest BCUT2D eigenvalue weighted by atomic mass is 19.4. The van der Waals surface area contributed by atoms with Crippen LogP contribution >= 0.6 is 0 Å². The summed E-state index contributed by atoms with van der Waals surface area (Å²) in [7, 11) is 0. The Morgan fingerprint density at radius 3 is 2.61 bits per heavy atom. The van der Waals surface area contributed by atoms with Gasteiger partial charge in [0.05, 0.1) is 0 Å². The second-order valence-electron chi connectivity index (χ2n) is 4.07. The summed E-state index contributed by atoms with van der Waals surface area (Å²) in [5, 5.41) is 9.66. The molecular formula is C12H16F3N3. The van der Waals surface area contributed by atoms with E-state index >= 15 is 0 Å². The summed E-state index contributed by atoms with van der Waals surface area (Å²) < 4.78 is 36.8. The molecule has 100 valence electrons. The van der Waals surface area contributed by atoms with Crippen molar-refractivity contribution in [3.05, 3.63) is 30.5 Å². The second kappa shape index (κ2) is 6.37. The van der Waals surface area contributed by atoms with Gasteiger partial charge in [0.25, 0.3) is 0 Å². The third-order valence-corrected chi connectivity index (χ3v) is 2.39. The number of aromatic nitrogens is 2. The molecule has 0 saturated heterocycles. The Bertz CT molecular complexity index is 373. The number of anilines is 1. The highest BCUT2D eigenvalue weighted by Gasteiger charge is 2.32. The van der Waals surface area contributed by atoms with Crippen LogP contribution < -0.4 is 5.32 Å². The summed E-state index contributed by atoms with van der Waals surface area (Å²) in [4.78, 5) is 0. The van der Waals surface area contributed by atoms with Crippen molar-refractivity contribution in [3.8, 4) is 0 Å². The molecule has 3 nitrogen and oxygen atoms in total. The molecule has 0 bridgehead atoms. The van der Waals surface area contributed by atoms with Gasteiger partial charge in [-0.25, -0.2) is 0 Å². The van der Waals surface area contributed by atoms with Crippen molar-refractivity contribution in [1.29, 1.82) is 0 Å². The number of rotatable bonds is 6. The quantitative estimate of drug-likeness (QED) is 0.626. The van der Waals surface area contributed by atoms with E-state index < -0.39 is 11.9 Å². The summed E-state index contributed by atoms with van der Waals surface area (Å²) in [5.74, 6) is 0.356. The number of alkyl halides is 3. The van der Waals surface area contributed by atoms with Crippen LogP contribution in [0.5, 0.6) is 0 Å². The summed E-state index contributed by atoms with van der Waals surface area (Å²) in [5.41, 5.74) is -0.979. The molecule has 1 unspecified atom stereocenters. The number of halogens is 3. The molecule has 18 heavy (non-hydrogen) atoms. The molecule has 1 aromatic rings. The number of hydrogen-bond donors (Lipinski definition) is 1. The molecule has 6 heteroatoms. The number of nitrogens with one attached hydrogen (secondary N) is 1. The lowest BCUT2D eigenvalue weighted by atomic mass is 10.1. The SMILES string of the molecule is C=CCCCC(C)Nc1ccc(C(F)(F)F)nn1. The fourth-order valence-electron chi connectivity index (χ4n) is 1.45. The standard InChI is InChI=1S/C12H16F3N3/c1-3-4-5-6-9(2)16-11-8-7-10(17-18-11)12(13,14)15/h3,7-9H,1,4-6H2,2H3,(H,16,18). The van der Waals surface area contributed by atoms with E-state index in [0.29, 0.717) is 5.82 Å². The lowest BCUT2D eigenvalue weighted by molar-refractivity contribution is -0.141. The van der Waals surface area contributed by atoms with E-state index in [9.17, 15) is 13.2 Å². The van der Waals surface area contributed by atoms with Crippen LogP contribution in [0.2, 0.25) is 0 Å². The van der Waals surface area contributed by atoms with Gasteiger partial charge in [0, 0.05) is 6.04 Å². The van der Waals surface area contributed by atoms with Crippen LogP contribution in [0.25, 0.3) is 0 Å². The van der Waals surface area contributed by atoms with Crippen LogP contribution in [0.1, 0.15) is 31.9 Å². The van der Waals surface area contributed by atoms with E-state index in [0.717, 1.165) is 25.3 Å². The van der Waals surface area contributed by atoms with Gasteiger partial charge >= 0.3 is 6.18 Å². The molecule has 1 N–H and O–H groups in total. The molecule has 0 aromatic carbocycles. The van der Waals surface area contributed by atoms with E-state index in [-0.39, 0.29) is 6.04 Å². The molecular weight excluding hydrogens is 243 g/mol. The Morgan fingerprint density at radius 2 is 2.11 bits per heavy atom. The van der Waals surface area contributed by atoms with Gasteiger partial charge in [-0.2, -0.15) is 13.2 Å². The van der Waals surface area contributed by atoms with Crippen LogP contribution in [0.3, 0.4) is 0 Å². The minimum Gasteiger partial charge on any atom is -0.366 e.